The van der Waals surface area contributed by atoms with E-state index in [0.29, 0.717) is 18.7 Å². The molecule has 0 unspecified atom stereocenters. The highest BCUT2D eigenvalue weighted by Gasteiger charge is 2.36. The van der Waals surface area contributed by atoms with Gasteiger partial charge in [-0.1, -0.05) is 0 Å². The van der Waals surface area contributed by atoms with Gasteiger partial charge in [-0.3, -0.25) is 19.5 Å². The van der Waals surface area contributed by atoms with Crippen LogP contribution in [0, 0.1) is 0 Å². The molecule has 2 saturated heterocycles. The van der Waals surface area contributed by atoms with Gasteiger partial charge in [-0.25, -0.2) is 0 Å². The number of aromatic nitrogens is 1. The van der Waals surface area contributed by atoms with Gasteiger partial charge in [-0.05, 0) is 38.8 Å². The van der Waals surface area contributed by atoms with Gasteiger partial charge >= 0.3 is 0 Å². The molecule has 0 N–H and O–H groups in total. The molecule has 0 aliphatic carbocycles. The van der Waals surface area contributed by atoms with Crippen LogP contribution in [-0.4, -0.2) is 76.3 Å². The molecule has 1 aromatic rings. The molecule has 2 fully saturated rings. The Morgan fingerprint density at radius 1 is 1.12 bits per heavy atom. The Hall–Kier alpha value is -1.95. The van der Waals surface area contributed by atoms with Crippen molar-refractivity contribution in [3.8, 4) is 0 Å². The highest BCUT2D eigenvalue weighted by Crippen LogP contribution is 2.21. The molecule has 0 bridgehead atoms. The van der Waals surface area contributed by atoms with E-state index >= 15 is 0 Å². The van der Waals surface area contributed by atoms with E-state index in [-0.39, 0.29) is 23.9 Å². The van der Waals surface area contributed by atoms with Gasteiger partial charge in [0.2, 0.25) is 5.91 Å². The van der Waals surface area contributed by atoms with Crippen molar-refractivity contribution in [2.75, 3.05) is 32.7 Å². The quantitative estimate of drug-likeness (QED) is 0.837. The molecule has 0 radical (unpaired) electrons. The van der Waals surface area contributed by atoms with Crippen molar-refractivity contribution >= 4 is 11.8 Å². The predicted molar refractivity (Wildman–Crippen MR) is 91.6 cm³/mol. The number of pyridine rings is 1. The van der Waals surface area contributed by atoms with Crippen LogP contribution in [0.3, 0.4) is 0 Å². The van der Waals surface area contributed by atoms with Crippen molar-refractivity contribution in [2.45, 2.75) is 38.8 Å². The maximum Gasteiger partial charge on any atom is 0.254 e. The second-order valence-electron chi connectivity index (χ2n) is 6.85. The van der Waals surface area contributed by atoms with Crippen LogP contribution in [0.1, 0.15) is 37.0 Å². The van der Waals surface area contributed by atoms with Crippen molar-refractivity contribution in [3.05, 3.63) is 30.1 Å². The number of piperazine rings is 1. The number of piperidine rings is 1. The Morgan fingerprint density at radius 3 is 2.42 bits per heavy atom. The summed E-state index contributed by atoms with van der Waals surface area (Å²) in [7, 11) is 0. The average molecular weight is 330 g/mol. The summed E-state index contributed by atoms with van der Waals surface area (Å²) in [5.74, 6) is 0.306. The highest BCUT2D eigenvalue weighted by atomic mass is 16.2. The number of likely N-dealkylation sites (tertiary alicyclic amines) is 1. The molecule has 24 heavy (non-hydrogen) atoms. The molecule has 3 rings (SSSR count). The highest BCUT2D eigenvalue weighted by molar-refractivity contribution is 5.94. The zero-order valence-corrected chi connectivity index (χ0v) is 14.5. The lowest BCUT2D eigenvalue weighted by atomic mass is 10.0. The lowest BCUT2D eigenvalue weighted by Crippen LogP contribution is -2.59. The summed E-state index contributed by atoms with van der Waals surface area (Å²) in [5, 5.41) is 0. The van der Waals surface area contributed by atoms with Gasteiger partial charge in [-0.15, -0.1) is 0 Å². The summed E-state index contributed by atoms with van der Waals surface area (Å²) in [4.78, 5) is 35.3. The van der Waals surface area contributed by atoms with Crippen molar-refractivity contribution in [3.63, 3.8) is 0 Å². The first-order chi connectivity index (χ1) is 11.6. The first-order valence-corrected chi connectivity index (χ1v) is 8.82. The van der Waals surface area contributed by atoms with Crippen LogP contribution in [0.15, 0.2) is 24.5 Å². The van der Waals surface area contributed by atoms with Crippen LogP contribution in [0.5, 0.6) is 0 Å². The Kier molecular flexibility index (Phi) is 5.14. The van der Waals surface area contributed by atoms with Gasteiger partial charge in [0.25, 0.3) is 5.91 Å². The van der Waals surface area contributed by atoms with E-state index in [4.69, 9.17) is 0 Å². The monoisotopic (exact) mass is 330 g/mol. The van der Waals surface area contributed by atoms with Crippen molar-refractivity contribution in [1.82, 2.24) is 19.7 Å². The molecule has 6 nitrogen and oxygen atoms in total. The third kappa shape index (κ3) is 3.43. The Labute approximate surface area is 143 Å². The summed E-state index contributed by atoms with van der Waals surface area (Å²) in [6.45, 7) is 7.89. The summed E-state index contributed by atoms with van der Waals surface area (Å²) in [6, 6.07) is 3.74. The summed E-state index contributed by atoms with van der Waals surface area (Å²) in [6.07, 6.45) is 5.28. The van der Waals surface area contributed by atoms with E-state index in [1.807, 2.05) is 9.80 Å². The van der Waals surface area contributed by atoms with Gasteiger partial charge in [0, 0.05) is 56.7 Å². The number of hydrogen-bond acceptors (Lipinski definition) is 4. The maximum atomic E-state index is 12.7. The molecule has 130 valence electrons. The minimum absolute atomic E-state index is 0.0145. The summed E-state index contributed by atoms with van der Waals surface area (Å²) < 4.78 is 0. The molecule has 0 spiro atoms. The van der Waals surface area contributed by atoms with Gasteiger partial charge in [-0.2, -0.15) is 0 Å². The lowest BCUT2D eigenvalue weighted by molar-refractivity contribution is -0.142. The standard InChI is InChI=1S/C18H26N4O2/c1-14(2)22-9-3-4-16(18(22)24)20-10-12-21(13-11-20)17(23)15-5-7-19-8-6-15/h5-8,14,16H,3-4,9-13H2,1-2H3/t16-/m0/s1. The minimum Gasteiger partial charge on any atom is -0.339 e. The minimum atomic E-state index is -0.0145. The van der Waals surface area contributed by atoms with Gasteiger partial charge in [0.05, 0.1) is 6.04 Å². The molecule has 1 aromatic heterocycles. The first kappa shape index (κ1) is 16.9. The zero-order valence-electron chi connectivity index (χ0n) is 14.5. The fraction of sp³-hybridized carbons (Fsp3) is 0.611. The van der Waals surface area contributed by atoms with Crippen molar-refractivity contribution in [2.24, 2.45) is 0 Å². The number of carbonyl (C=O) groups excluding carboxylic acids is 2. The van der Waals surface area contributed by atoms with Crippen LogP contribution in [0.2, 0.25) is 0 Å². The van der Waals surface area contributed by atoms with Gasteiger partial charge in [0.1, 0.15) is 0 Å². The molecular formula is C18H26N4O2. The van der Waals surface area contributed by atoms with Crippen molar-refractivity contribution < 1.29 is 9.59 Å². The van der Waals surface area contributed by atoms with Crippen LogP contribution < -0.4 is 0 Å². The van der Waals surface area contributed by atoms with Crippen LogP contribution in [0.25, 0.3) is 0 Å². The topological polar surface area (TPSA) is 56.8 Å². The Morgan fingerprint density at radius 2 is 1.79 bits per heavy atom. The zero-order chi connectivity index (χ0) is 17.1. The van der Waals surface area contributed by atoms with E-state index in [2.05, 4.69) is 23.7 Å². The Bertz CT molecular complexity index is 582. The normalized spacial score (nSPS) is 23.0. The molecule has 1 atom stereocenters. The van der Waals surface area contributed by atoms with Crippen LogP contribution in [-0.2, 0) is 4.79 Å². The van der Waals surface area contributed by atoms with E-state index in [9.17, 15) is 9.59 Å². The number of hydrogen-bond donors (Lipinski definition) is 0. The number of nitrogens with zero attached hydrogens (tertiary/aromatic N) is 4. The molecule has 0 aromatic carbocycles. The first-order valence-electron chi connectivity index (χ1n) is 8.82. The third-order valence-electron chi connectivity index (χ3n) is 5.04. The van der Waals surface area contributed by atoms with E-state index in [1.54, 1.807) is 24.5 Å². The van der Waals surface area contributed by atoms with Gasteiger partial charge < -0.3 is 9.80 Å². The van der Waals surface area contributed by atoms with Crippen LogP contribution in [0.4, 0.5) is 0 Å². The third-order valence-corrected chi connectivity index (χ3v) is 5.04. The molecule has 2 aliphatic heterocycles. The molecular weight excluding hydrogens is 304 g/mol. The molecule has 2 amide bonds. The van der Waals surface area contributed by atoms with Gasteiger partial charge in [0.15, 0.2) is 0 Å². The molecule has 6 heteroatoms. The van der Waals surface area contributed by atoms with Crippen LogP contribution >= 0.6 is 0 Å². The average Bonchev–Trinajstić information content (AvgIpc) is 2.62. The summed E-state index contributed by atoms with van der Waals surface area (Å²) in [5.41, 5.74) is 0.679. The number of carbonyl (C=O) groups is 2. The second-order valence-corrected chi connectivity index (χ2v) is 6.85. The Balaban J connectivity index is 1.59. The van der Waals surface area contributed by atoms with E-state index < -0.39 is 0 Å². The molecule has 0 saturated carbocycles. The molecule has 2 aliphatic rings. The predicted octanol–water partition coefficient (Wildman–Crippen LogP) is 1.24. The summed E-state index contributed by atoms with van der Waals surface area (Å²) >= 11 is 0. The smallest absolute Gasteiger partial charge is 0.254 e. The van der Waals surface area contributed by atoms with E-state index in [1.165, 1.54) is 0 Å². The fourth-order valence-corrected chi connectivity index (χ4v) is 3.65. The largest absolute Gasteiger partial charge is 0.339 e. The SMILES string of the molecule is CC(C)N1CCC[C@H](N2CCN(C(=O)c3ccncc3)CC2)C1=O. The van der Waals surface area contributed by atoms with Crippen molar-refractivity contribution in [1.29, 1.82) is 0 Å². The second kappa shape index (κ2) is 7.30. The lowest BCUT2D eigenvalue weighted by Gasteiger charge is -2.43. The van der Waals surface area contributed by atoms with E-state index in [0.717, 1.165) is 32.5 Å². The number of amides is 2. The molecule has 3 heterocycles. The maximum absolute atomic E-state index is 12.7. The fourth-order valence-electron chi connectivity index (χ4n) is 3.65. The number of rotatable bonds is 3.